The summed E-state index contributed by atoms with van der Waals surface area (Å²) in [7, 11) is 1.70. The van der Waals surface area contributed by atoms with Crippen LogP contribution in [0.1, 0.15) is 30.4 Å². The molecular weight excluding hydrogens is 368 g/mol. The van der Waals surface area contributed by atoms with E-state index in [9.17, 15) is 0 Å². The van der Waals surface area contributed by atoms with Gasteiger partial charge in [-0.05, 0) is 36.4 Å². The average molecular weight is 391 g/mol. The number of nitrogens with zero attached hydrogens (tertiary/aromatic N) is 4. The molecule has 2 aliphatic heterocycles. The molecule has 1 fully saturated rings. The Bertz CT molecular complexity index is 1020. The van der Waals surface area contributed by atoms with E-state index in [0.717, 1.165) is 28.8 Å². The van der Waals surface area contributed by atoms with Crippen LogP contribution in [0.5, 0.6) is 5.75 Å². The van der Waals surface area contributed by atoms with E-state index >= 15 is 0 Å². The highest BCUT2D eigenvalue weighted by molar-refractivity contribution is 8.14. The van der Waals surface area contributed by atoms with Crippen molar-refractivity contribution in [3.63, 3.8) is 0 Å². The molecule has 0 aliphatic carbocycles. The molecule has 6 heteroatoms. The molecule has 5 rings (SSSR count). The van der Waals surface area contributed by atoms with Gasteiger partial charge in [-0.15, -0.1) is 0 Å². The third-order valence-corrected chi connectivity index (χ3v) is 6.40. The van der Waals surface area contributed by atoms with E-state index in [0.29, 0.717) is 5.25 Å². The Kier molecular flexibility index (Phi) is 4.36. The highest BCUT2D eigenvalue weighted by Crippen LogP contribution is 2.47. The summed E-state index contributed by atoms with van der Waals surface area (Å²) in [5.74, 6) is 0.854. The molecule has 28 heavy (non-hydrogen) atoms. The molecule has 0 saturated carbocycles. The van der Waals surface area contributed by atoms with Crippen LogP contribution in [0.3, 0.4) is 0 Å². The summed E-state index contributed by atoms with van der Waals surface area (Å²) in [4.78, 5) is 12.2. The number of ether oxygens (including phenoxy) is 1. The summed E-state index contributed by atoms with van der Waals surface area (Å²) >= 11 is 1.86. The Balaban J connectivity index is 1.60. The van der Waals surface area contributed by atoms with Crippen LogP contribution in [-0.4, -0.2) is 38.5 Å². The second kappa shape index (κ2) is 7.02. The summed E-state index contributed by atoms with van der Waals surface area (Å²) in [5, 5.41) is 1.68. The third kappa shape index (κ3) is 2.88. The molecule has 1 saturated heterocycles. The lowest BCUT2D eigenvalue weighted by molar-refractivity contribution is 0.312. The quantitative estimate of drug-likeness (QED) is 0.659. The maximum Gasteiger partial charge on any atom is 0.160 e. The van der Waals surface area contributed by atoms with Crippen molar-refractivity contribution in [1.29, 1.82) is 0 Å². The largest absolute Gasteiger partial charge is 0.497 e. The predicted octanol–water partition coefficient (Wildman–Crippen LogP) is 4.47. The Morgan fingerprint density at radius 3 is 2.86 bits per heavy atom. The van der Waals surface area contributed by atoms with E-state index in [4.69, 9.17) is 9.73 Å². The van der Waals surface area contributed by atoms with Crippen LogP contribution in [-0.2, 0) is 0 Å². The lowest BCUT2D eigenvalue weighted by Gasteiger charge is -2.28. The zero-order valence-corrected chi connectivity index (χ0v) is 16.7. The first-order valence-corrected chi connectivity index (χ1v) is 10.4. The summed E-state index contributed by atoms with van der Waals surface area (Å²) < 4.78 is 7.68. The smallest absolute Gasteiger partial charge is 0.160 e. The third-order valence-electron chi connectivity index (χ3n) is 5.30. The highest BCUT2D eigenvalue weighted by Gasteiger charge is 2.44. The van der Waals surface area contributed by atoms with Crippen molar-refractivity contribution < 1.29 is 4.74 Å². The first-order valence-electron chi connectivity index (χ1n) is 9.48. The number of thioether (sulfide) groups is 1. The molecule has 3 aromatic rings. The first kappa shape index (κ1) is 17.4. The van der Waals surface area contributed by atoms with Gasteiger partial charge in [-0.25, -0.2) is 0 Å². The van der Waals surface area contributed by atoms with Gasteiger partial charge in [0.2, 0.25) is 0 Å². The number of hydrogen-bond donors (Lipinski definition) is 0. The SMILES string of the molecule is COc1cccc(-n2cccc2[C@@H]2[C@@H](c3ccccn3)N=C3S[C@H](C)CN32)c1. The molecule has 0 bridgehead atoms. The monoisotopic (exact) mass is 390 g/mol. The molecule has 2 aromatic heterocycles. The van der Waals surface area contributed by atoms with E-state index in [-0.39, 0.29) is 12.1 Å². The van der Waals surface area contributed by atoms with Crippen LogP contribution >= 0.6 is 11.8 Å². The zero-order valence-electron chi connectivity index (χ0n) is 15.9. The summed E-state index contributed by atoms with van der Waals surface area (Å²) in [6.07, 6.45) is 3.97. The van der Waals surface area contributed by atoms with Gasteiger partial charge in [-0.1, -0.05) is 30.8 Å². The maximum absolute atomic E-state index is 5.43. The summed E-state index contributed by atoms with van der Waals surface area (Å²) in [6, 6.07) is 18.7. The van der Waals surface area contributed by atoms with Gasteiger partial charge < -0.3 is 14.2 Å². The van der Waals surface area contributed by atoms with Gasteiger partial charge in [0.05, 0.1) is 18.8 Å². The van der Waals surface area contributed by atoms with Gasteiger partial charge in [0.1, 0.15) is 11.8 Å². The molecule has 5 nitrogen and oxygen atoms in total. The van der Waals surface area contributed by atoms with Gasteiger partial charge in [0.15, 0.2) is 5.17 Å². The fourth-order valence-electron chi connectivity index (χ4n) is 4.07. The van der Waals surface area contributed by atoms with Crippen molar-refractivity contribution in [3.05, 3.63) is 78.4 Å². The standard InChI is InChI=1S/C22H22N4OS/c1-15-14-26-21(20(24-22(26)28-15)18-9-3-4-11-23-18)19-10-6-12-25(19)16-7-5-8-17(13-16)27-2/h3-13,15,20-21H,14H2,1-2H3/t15-,20-,21-/m1/s1. The van der Waals surface area contributed by atoms with Gasteiger partial charge in [0.25, 0.3) is 0 Å². The normalized spacial score (nSPS) is 23.6. The van der Waals surface area contributed by atoms with Crippen LogP contribution in [0.4, 0.5) is 0 Å². The molecule has 1 aromatic carbocycles. The molecule has 0 unspecified atom stereocenters. The first-order chi connectivity index (χ1) is 13.7. The second-order valence-electron chi connectivity index (χ2n) is 7.14. The minimum atomic E-state index is -0.00421. The van der Waals surface area contributed by atoms with Crippen molar-refractivity contribution in [3.8, 4) is 11.4 Å². The second-order valence-corrected chi connectivity index (χ2v) is 8.55. The van der Waals surface area contributed by atoms with E-state index in [1.807, 2.05) is 42.2 Å². The van der Waals surface area contributed by atoms with Gasteiger partial charge in [0, 0.05) is 41.6 Å². The van der Waals surface area contributed by atoms with E-state index in [2.05, 4.69) is 57.9 Å². The fraction of sp³-hybridized carbons (Fsp3) is 0.273. The fourth-order valence-corrected chi connectivity index (χ4v) is 5.16. The number of fused-ring (bicyclic) bond motifs is 1. The molecule has 3 atom stereocenters. The van der Waals surface area contributed by atoms with Crippen LogP contribution in [0, 0.1) is 0 Å². The van der Waals surface area contributed by atoms with Crippen LogP contribution in [0.25, 0.3) is 5.69 Å². The predicted molar refractivity (Wildman–Crippen MR) is 113 cm³/mol. The number of hydrogen-bond acceptors (Lipinski definition) is 5. The van der Waals surface area contributed by atoms with Crippen molar-refractivity contribution >= 4 is 16.9 Å². The molecule has 0 amide bonds. The molecule has 142 valence electrons. The van der Waals surface area contributed by atoms with Gasteiger partial charge in [-0.2, -0.15) is 0 Å². The Hall–Kier alpha value is -2.73. The van der Waals surface area contributed by atoms with E-state index < -0.39 is 0 Å². The molecule has 0 N–H and O–H groups in total. The number of benzene rings is 1. The Labute approximate surface area is 169 Å². The lowest BCUT2D eigenvalue weighted by Crippen LogP contribution is -2.30. The minimum absolute atomic E-state index is 0.00421. The van der Waals surface area contributed by atoms with Gasteiger partial charge >= 0.3 is 0 Å². The number of aromatic nitrogens is 2. The molecular formula is C22H22N4OS. The van der Waals surface area contributed by atoms with Crippen molar-refractivity contribution in [1.82, 2.24) is 14.5 Å². The van der Waals surface area contributed by atoms with Crippen LogP contribution < -0.4 is 4.74 Å². The van der Waals surface area contributed by atoms with E-state index in [1.54, 1.807) is 7.11 Å². The van der Waals surface area contributed by atoms with Gasteiger partial charge in [-0.3, -0.25) is 9.98 Å². The number of aliphatic imine (C=N–C) groups is 1. The van der Waals surface area contributed by atoms with E-state index in [1.165, 1.54) is 5.69 Å². The maximum atomic E-state index is 5.43. The minimum Gasteiger partial charge on any atom is -0.497 e. The zero-order chi connectivity index (χ0) is 19.1. The topological polar surface area (TPSA) is 42.6 Å². The summed E-state index contributed by atoms with van der Waals surface area (Å²) in [6.45, 7) is 3.26. The number of amidine groups is 1. The average Bonchev–Trinajstić information content (AvgIpc) is 3.42. The molecule has 0 radical (unpaired) electrons. The molecule has 4 heterocycles. The molecule has 2 aliphatic rings. The Morgan fingerprint density at radius 2 is 2.04 bits per heavy atom. The summed E-state index contributed by atoms with van der Waals surface area (Å²) in [5.41, 5.74) is 3.32. The van der Waals surface area contributed by atoms with Crippen LogP contribution in [0.2, 0.25) is 0 Å². The number of methoxy groups -OCH3 is 1. The number of pyridine rings is 1. The van der Waals surface area contributed by atoms with Crippen LogP contribution in [0.15, 0.2) is 72.0 Å². The van der Waals surface area contributed by atoms with Crippen molar-refractivity contribution in [2.45, 2.75) is 24.3 Å². The van der Waals surface area contributed by atoms with Crippen molar-refractivity contribution in [2.75, 3.05) is 13.7 Å². The lowest BCUT2D eigenvalue weighted by atomic mass is 10.0. The highest BCUT2D eigenvalue weighted by atomic mass is 32.2. The Morgan fingerprint density at radius 1 is 1.11 bits per heavy atom. The molecule has 0 spiro atoms. The van der Waals surface area contributed by atoms with Crippen molar-refractivity contribution in [2.24, 2.45) is 4.99 Å². The number of rotatable bonds is 4.